The van der Waals surface area contributed by atoms with Crippen molar-refractivity contribution in [2.45, 2.75) is 6.54 Å². The summed E-state index contributed by atoms with van der Waals surface area (Å²) in [6.45, 7) is 4.35. The van der Waals surface area contributed by atoms with Gasteiger partial charge in [-0.25, -0.2) is 5.43 Å². The van der Waals surface area contributed by atoms with Gasteiger partial charge in [0.1, 0.15) is 11.3 Å². The van der Waals surface area contributed by atoms with Crippen molar-refractivity contribution in [2.75, 3.05) is 6.61 Å². The first-order valence-corrected chi connectivity index (χ1v) is 9.23. The molecule has 0 unspecified atom stereocenters. The fraction of sp³-hybridized carbons (Fsp3) is 0.0870. The molecule has 2 heterocycles. The SMILES string of the molecule is C=CCn1cc(C=NNC(=O)COc2cccc3cccnc23)c2ccccc21. The Morgan fingerprint density at radius 3 is 2.93 bits per heavy atom. The molecular formula is C23H20N4O2. The Kier molecular flexibility index (Phi) is 5.33. The maximum atomic E-state index is 12.1. The first-order valence-electron chi connectivity index (χ1n) is 9.23. The molecule has 0 bridgehead atoms. The van der Waals surface area contributed by atoms with Crippen LogP contribution in [-0.4, -0.2) is 28.3 Å². The number of benzene rings is 2. The third-order valence-electron chi connectivity index (χ3n) is 4.49. The fourth-order valence-electron chi connectivity index (χ4n) is 3.21. The van der Waals surface area contributed by atoms with Crippen molar-refractivity contribution in [3.05, 3.63) is 85.2 Å². The number of fused-ring (bicyclic) bond motifs is 2. The van der Waals surface area contributed by atoms with Crippen molar-refractivity contribution in [3.63, 3.8) is 0 Å². The molecule has 0 fully saturated rings. The van der Waals surface area contributed by atoms with Gasteiger partial charge in [0.2, 0.25) is 0 Å². The van der Waals surface area contributed by atoms with Crippen molar-refractivity contribution in [1.82, 2.24) is 15.0 Å². The molecule has 1 amide bonds. The van der Waals surface area contributed by atoms with Gasteiger partial charge in [-0.1, -0.05) is 42.5 Å². The van der Waals surface area contributed by atoms with Crippen molar-refractivity contribution in [3.8, 4) is 5.75 Å². The summed E-state index contributed by atoms with van der Waals surface area (Å²) in [5.74, 6) is 0.221. The average molecular weight is 384 g/mol. The lowest BCUT2D eigenvalue weighted by Crippen LogP contribution is -2.24. The van der Waals surface area contributed by atoms with E-state index in [4.69, 9.17) is 4.74 Å². The molecule has 4 aromatic rings. The topological polar surface area (TPSA) is 68.5 Å². The van der Waals surface area contributed by atoms with Gasteiger partial charge in [0.15, 0.2) is 6.61 Å². The first-order chi connectivity index (χ1) is 14.3. The molecule has 0 atom stereocenters. The predicted octanol–water partition coefficient (Wildman–Crippen LogP) is 3.90. The standard InChI is InChI=1S/C23H20N4O2/c1-2-13-27-15-18(19-9-3-4-10-20(19)27)14-25-26-22(28)16-29-21-11-5-7-17-8-6-12-24-23(17)21/h2-12,14-15H,1,13,16H2,(H,26,28). The Hall–Kier alpha value is -3.93. The molecule has 6 nitrogen and oxygen atoms in total. The quantitative estimate of drug-likeness (QED) is 0.298. The van der Waals surface area contributed by atoms with E-state index in [1.54, 1.807) is 18.5 Å². The third kappa shape index (κ3) is 4.01. The number of amides is 1. The van der Waals surface area contributed by atoms with Gasteiger partial charge in [-0.15, -0.1) is 6.58 Å². The Morgan fingerprint density at radius 1 is 1.17 bits per heavy atom. The van der Waals surface area contributed by atoms with Crippen LogP contribution in [0.2, 0.25) is 0 Å². The lowest BCUT2D eigenvalue weighted by atomic mass is 10.2. The van der Waals surface area contributed by atoms with E-state index < -0.39 is 0 Å². The van der Waals surface area contributed by atoms with Crippen LogP contribution in [-0.2, 0) is 11.3 Å². The number of carbonyl (C=O) groups excluding carboxylic acids is 1. The summed E-state index contributed by atoms with van der Waals surface area (Å²) in [7, 11) is 0. The van der Waals surface area contributed by atoms with Gasteiger partial charge in [-0.05, 0) is 18.2 Å². The van der Waals surface area contributed by atoms with Crippen LogP contribution in [0.1, 0.15) is 5.56 Å². The molecule has 0 aliphatic carbocycles. The molecule has 0 spiro atoms. The van der Waals surface area contributed by atoms with Crippen LogP contribution in [0.5, 0.6) is 5.75 Å². The normalized spacial score (nSPS) is 11.2. The summed E-state index contributed by atoms with van der Waals surface area (Å²) in [5, 5.41) is 6.10. The van der Waals surface area contributed by atoms with Crippen LogP contribution in [0.3, 0.4) is 0 Å². The number of nitrogens with one attached hydrogen (secondary N) is 1. The molecule has 0 aliphatic heterocycles. The summed E-state index contributed by atoms with van der Waals surface area (Å²) in [5.41, 5.74) is 5.24. The van der Waals surface area contributed by atoms with Crippen LogP contribution in [0, 0.1) is 0 Å². The number of hydrogen-bond acceptors (Lipinski definition) is 4. The number of ether oxygens (including phenoxy) is 1. The van der Waals surface area contributed by atoms with Crippen LogP contribution in [0.4, 0.5) is 0 Å². The maximum absolute atomic E-state index is 12.1. The molecule has 2 aromatic heterocycles. The van der Waals surface area contributed by atoms with Gasteiger partial charge in [0, 0.05) is 40.8 Å². The zero-order valence-electron chi connectivity index (χ0n) is 15.8. The molecule has 29 heavy (non-hydrogen) atoms. The van der Waals surface area contributed by atoms with Gasteiger partial charge in [-0.3, -0.25) is 9.78 Å². The highest BCUT2D eigenvalue weighted by atomic mass is 16.5. The predicted molar refractivity (Wildman–Crippen MR) is 115 cm³/mol. The molecule has 0 saturated heterocycles. The van der Waals surface area contributed by atoms with Gasteiger partial charge in [0.25, 0.3) is 5.91 Å². The van der Waals surface area contributed by atoms with Crippen molar-refractivity contribution >= 4 is 33.9 Å². The van der Waals surface area contributed by atoms with Crippen LogP contribution in [0.15, 0.2) is 84.7 Å². The molecule has 0 radical (unpaired) electrons. The Labute approximate surface area is 168 Å². The Bertz CT molecular complexity index is 1200. The molecule has 4 rings (SSSR count). The Balaban J connectivity index is 1.41. The number of hydrogen-bond donors (Lipinski definition) is 1. The van der Waals surface area contributed by atoms with E-state index in [0.29, 0.717) is 12.3 Å². The molecule has 6 heteroatoms. The van der Waals surface area contributed by atoms with Crippen LogP contribution < -0.4 is 10.2 Å². The lowest BCUT2D eigenvalue weighted by molar-refractivity contribution is -0.123. The van der Waals surface area contributed by atoms with Crippen molar-refractivity contribution in [1.29, 1.82) is 0 Å². The summed E-state index contributed by atoms with van der Waals surface area (Å²) in [4.78, 5) is 16.4. The number of pyridine rings is 1. The highest BCUT2D eigenvalue weighted by Gasteiger charge is 2.07. The van der Waals surface area contributed by atoms with Gasteiger partial charge in [0.05, 0.1) is 6.21 Å². The first kappa shape index (κ1) is 18.4. The number of para-hydroxylation sites is 2. The molecule has 0 aliphatic rings. The third-order valence-corrected chi connectivity index (χ3v) is 4.49. The van der Waals surface area contributed by atoms with E-state index in [9.17, 15) is 4.79 Å². The number of allylic oxidation sites excluding steroid dienone is 1. The zero-order chi connectivity index (χ0) is 20.1. The van der Waals surface area contributed by atoms with Crippen LogP contribution >= 0.6 is 0 Å². The van der Waals surface area contributed by atoms with E-state index in [1.807, 2.05) is 60.8 Å². The number of nitrogens with zero attached hydrogens (tertiary/aromatic N) is 3. The van der Waals surface area contributed by atoms with Crippen LogP contribution in [0.25, 0.3) is 21.8 Å². The fourth-order valence-corrected chi connectivity index (χ4v) is 3.21. The Morgan fingerprint density at radius 2 is 2.03 bits per heavy atom. The number of carbonyl (C=O) groups is 1. The average Bonchev–Trinajstić information content (AvgIpc) is 3.10. The molecular weight excluding hydrogens is 364 g/mol. The van der Waals surface area contributed by atoms with Crippen molar-refractivity contribution < 1.29 is 9.53 Å². The molecule has 1 N–H and O–H groups in total. The maximum Gasteiger partial charge on any atom is 0.277 e. The monoisotopic (exact) mass is 384 g/mol. The minimum absolute atomic E-state index is 0.148. The lowest BCUT2D eigenvalue weighted by Gasteiger charge is -2.07. The summed E-state index contributed by atoms with van der Waals surface area (Å²) in [6.07, 6.45) is 7.16. The summed E-state index contributed by atoms with van der Waals surface area (Å²) < 4.78 is 7.71. The van der Waals surface area contributed by atoms with E-state index in [2.05, 4.69) is 26.7 Å². The minimum atomic E-state index is -0.344. The zero-order valence-corrected chi connectivity index (χ0v) is 15.8. The minimum Gasteiger partial charge on any atom is -0.481 e. The summed E-state index contributed by atoms with van der Waals surface area (Å²) >= 11 is 0. The molecule has 144 valence electrons. The number of hydrazone groups is 1. The number of rotatable bonds is 7. The van der Waals surface area contributed by atoms with E-state index >= 15 is 0 Å². The highest BCUT2D eigenvalue weighted by molar-refractivity contribution is 5.99. The van der Waals surface area contributed by atoms with E-state index in [1.165, 1.54) is 0 Å². The summed E-state index contributed by atoms with van der Waals surface area (Å²) in [6, 6.07) is 17.4. The van der Waals surface area contributed by atoms with E-state index in [0.717, 1.165) is 27.4 Å². The van der Waals surface area contributed by atoms with Crippen molar-refractivity contribution in [2.24, 2.45) is 5.10 Å². The van der Waals surface area contributed by atoms with E-state index in [-0.39, 0.29) is 12.5 Å². The molecule has 2 aromatic carbocycles. The second-order valence-electron chi connectivity index (χ2n) is 6.46. The van der Waals surface area contributed by atoms with Gasteiger partial charge in [-0.2, -0.15) is 5.10 Å². The highest BCUT2D eigenvalue weighted by Crippen LogP contribution is 2.23. The largest absolute Gasteiger partial charge is 0.481 e. The van der Waals surface area contributed by atoms with Gasteiger partial charge < -0.3 is 9.30 Å². The second kappa shape index (κ2) is 8.39. The smallest absolute Gasteiger partial charge is 0.277 e. The van der Waals surface area contributed by atoms with Gasteiger partial charge >= 0.3 is 0 Å². The molecule has 0 saturated carbocycles. The second-order valence-corrected chi connectivity index (χ2v) is 6.46. The number of aromatic nitrogens is 2.